The van der Waals surface area contributed by atoms with Gasteiger partial charge in [0.2, 0.25) is 41.2 Å². The number of aliphatic hydroxyl groups excluding tert-OH is 1. The van der Waals surface area contributed by atoms with Gasteiger partial charge < -0.3 is 79.7 Å². The van der Waals surface area contributed by atoms with Crippen LogP contribution >= 0.6 is 31.9 Å². The first-order chi connectivity index (χ1) is 65.5. The number of nitrogens with one attached hydrogen (secondary N) is 4. The number of aromatic nitrogens is 4. The van der Waals surface area contributed by atoms with Crippen LogP contribution in [0.1, 0.15) is 223 Å². The Bertz CT molecular complexity index is 6440. The summed E-state index contributed by atoms with van der Waals surface area (Å²) in [6, 6.07) is 51.1. The van der Waals surface area contributed by atoms with Crippen molar-refractivity contribution in [2.75, 3.05) is 32.2 Å². The van der Waals surface area contributed by atoms with E-state index in [-0.39, 0.29) is 114 Å². The number of β-amino-alcohol motifs (C(OH)–C–C–N with tert-alkyl or cyclic N) is 1. The molecule has 2 aromatic heterocycles. The molecule has 5 saturated heterocycles. The highest BCUT2D eigenvalue weighted by Crippen LogP contribution is 2.52. The van der Waals surface area contributed by atoms with Gasteiger partial charge in [0.05, 0.1) is 90.1 Å². The number of hydrogen-bond acceptors (Lipinski definition) is 24. The molecule has 34 heteroatoms. The van der Waals surface area contributed by atoms with Crippen LogP contribution in [-0.2, 0) is 65.2 Å². The SMILES string of the molecule is CC(C)(C)[Si](C)(C)OCCBr.CC(C)Oc1ccc(-c2noc(-c3cccc4c3C[C@@H]3CC(=O)N(CCO)[C@H]43)n2)cc1C#N.CC(C)Oc1ccc(-c2noc(-c3cccc4c3C[C@@H]3CC(=O)N[C@H]43)n2)cc1C#N.CC(C)Oc1ccc(C(N)=NO)cc1C#N.COC(=O)c1cccc2c1C[C@@H]1CC(=O)N[C@H]21.O=C1C[C@H]2Cc3c(Br)cccc3[C@H]2N1.O=C1C[C@H]2Cc3c(C(=O)O)cccc3[C@H]2N1. The van der Waals surface area contributed by atoms with Gasteiger partial charge in [0.15, 0.2) is 14.2 Å². The molecule has 0 radical (unpaired) electrons. The molecule has 5 aliphatic carbocycles. The Balaban J connectivity index is 0.000000132. The summed E-state index contributed by atoms with van der Waals surface area (Å²) >= 11 is 6.92. The summed E-state index contributed by atoms with van der Waals surface area (Å²) in [5.41, 5.74) is 22.4. The summed E-state index contributed by atoms with van der Waals surface area (Å²) in [6.45, 7) is 23.8. The predicted octanol–water partition coefficient (Wildman–Crippen LogP) is 16.6. The molecule has 8 aromatic carbocycles. The Hall–Kier alpha value is -13.4. The Morgan fingerprint density at radius 3 is 1.37 bits per heavy atom. The molecule has 0 spiro atoms. The third-order valence-corrected chi connectivity index (χ3v) is 32.0. The van der Waals surface area contributed by atoms with Gasteiger partial charge in [0.25, 0.3) is 11.8 Å². The molecule has 712 valence electrons. The van der Waals surface area contributed by atoms with Gasteiger partial charge in [-0.3, -0.25) is 24.0 Å². The maximum absolute atomic E-state index is 12.4. The summed E-state index contributed by atoms with van der Waals surface area (Å²) in [6.07, 6.45) is 6.78. The van der Waals surface area contributed by atoms with Gasteiger partial charge in [-0.25, -0.2) is 9.59 Å². The minimum atomic E-state index is -1.46. The van der Waals surface area contributed by atoms with Crippen molar-refractivity contribution in [3.63, 3.8) is 0 Å². The molecular formula is C103H110Br2N14O17Si. The van der Waals surface area contributed by atoms with Crippen molar-refractivity contribution in [3.05, 3.63) is 239 Å². The number of ether oxygens (including phenoxy) is 4. The zero-order valence-corrected chi connectivity index (χ0v) is 82.3. The number of likely N-dealkylation sites (tertiary alicyclic amines) is 1. The number of carbonyl (C=O) groups is 7. The zero-order chi connectivity index (χ0) is 98.2. The minimum Gasteiger partial charge on any atom is -0.490 e. The average Bonchev–Trinajstić information content (AvgIpc) is 1.67. The van der Waals surface area contributed by atoms with Gasteiger partial charge in [-0.05, 0) is 262 Å². The summed E-state index contributed by atoms with van der Waals surface area (Å²) in [5, 5.41) is 79.3. The minimum absolute atomic E-state index is 0.0122. The lowest BCUT2D eigenvalue weighted by atomic mass is 10.0. The molecule has 10 aliphatic rings. The fourth-order valence-electron chi connectivity index (χ4n) is 19.4. The van der Waals surface area contributed by atoms with E-state index in [4.69, 9.17) is 53.7 Å². The van der Waals surface area contributed by atoms with E-state index >= 15 is 0 Å². The van der Waals surface area contributed by atoms with Crippen molar-refractivity contribution in [1.82, 2.24) is 46.4 Å². The molecule has 5 aliphatic heterocycles. The van der Waals surface area contributed by atoms with E-state index in [1.165, 1.54) is 28.8 Å². The lowest BCUT2D eigenvalue weighted by Gasteiger charge is -2.35. The van der Waals surface area contributed by atoms with Crippen molar-refractivity contribution >= 4 is 87.5 Å². The molecule has 20 rings (SSSR count). The number of carboxylic acid groups (broad SMARTS) is 1. The fraction of sp³-hybridized carbons (Fsp3) is 0.388. The number of rotatable bonds is 18. The van der Waals surface area contributed by atoms with Crippen molar-refractivity contribution < 1.29 is 81.4 Å². The molecule has 0 bridgehead atoms. The molecule has 5 amide bonds. The molecule has 9 N–H and O–H groups in total. The number of aliphatic hydroxyl groups is 1. The van der Waals surface area contributed by atoms with Crippen molar-refractivity contribution in [2.45, 2.75) is 193 Å². The number of nitrogens with two attached hydrogens (primary N) is 1. The van der Waals surface area contributed by atoms with Gasteiger partial charge >= 0.3 is 11.9 Å². The summed E-state index contributed by atoms with van der Waals surface area (Å²) < 4.78 is 39.8. The topological polar surface area (TPSA) is 465 Å². The Morgan fingerprint density at radius 2 is 0.942 bits per heavy atom. The highest BCUT2D eigenvalue weighted by Gasteiger charge is 2.49. The van der Waals surface area contributed by atoms with Crippen LogP contribution in [0, 0.1) is 63.6 Å². The molecule has 10 aromatic rings. The van der Waals surface area contributed by atoms with E-state index in [0.29, 0.717) is 147 Å². The van der Waals surface area contributed by atoms with E-state index in [1.807, 2.05) is 114 Å². The molecule has 5 fully saturated rings. The molecule has 137 heavy (non-hydrogen) atoms. The third kappa shape index (κ3) is 22.0. The third-order valence-electron chi connectivity index (χ3n) is 26.4. The standard InChI is InChI=1S/C25H24N4O4.C23H20N4O3.C13H13NO3.C12H11NO3.C11H10BrNO.C11H13N3O2.C8H19BrOSi/c1-14(2)32-21-7-6-15(10-17(21)13-26)24-27-25(33-28-24)19-5-3-4-18-20(19)11-16-12-22(31)29(8-9-30)23(16)18;1-12(2)29-19-7-6-13(8-15(19)11-24)22-26-23(30-27-22)17-5-3-4-16-18(17)9-14-10-20(28)25-21(14)16;1-17-13(16)9-4-2-3-8-10(9)5-7-6-11(15)14-12(7)8;14-10-5-6-4-9-7(11(6)13-10)2-1-3-8(9)12(15)16;12-9-3-1-2-7-8(9)4-6-5-10(14)13-11(6)7;1-7(2)16-10-4-3-8(11(13)14-15)5-9(10)6-12;1-8(2,3)11(4,5)10-7-6-9/h3-7,10,14,16,23,30H,8-9,11-12H2,1-2H3;3-8,12,14,21H,9-10H2,1-2H3,(H,25,28);2-4,7,12H,5-6H2,1H3,(H,14,15);1-3,6,11H,4-5H2,(H,13,14)(H,15,16);1-3,6,11H,4-5H2,(H,13,14);3-5,7,15H,1-2H3,(H2,13,14);6-7H2,1-5H3/t16-,23+;14-,21+;7-,12+;2*6-,11+;;/m11111../s1. The number of methoxy groups -OCH3 is 1. The smallest absolute Gasteiger partial charge is 0.338 e. The first-order valence-corrected chi connectivity index (χ1v) is 50.5. The number of fused-ring (bicyclic) bond motifs is 15. The van der Waals surface area contributed by atoms with Crippen molar-refractivity contribution in [2.24, 2.45) is 40.5 Å². The highest BCUT2D eigenvalue weighted by molar-refractivity contribution is 9.10. The number of benzene rings is 8. The van der Waals surface area contributed by atoms with E-state index in [0.717, 1.165) is 93.3 Å². The lowest BCUT2D eigenvalue weighted by Crippen LogP contribution is -2.41. The number of nitriles is 3. The Kier molecular flexibility index (Phi) is 31.1. The van der Waals surface area contributed by atoms with Gasteiger partial charge in [0.1, 0.15) is 35.5 Å². The van der Waals surface area contributed by atoms with Crippen LogP contribution in [0.4, 0.5) is 0 Å². The Morgan fingerprint density at radius 1 is 0.547 bits per heavy atom. The van der Waals surface area contributed by atoms with E-state index in [1.54, 1.807) is 59.5 Å². The molecule has 31 nitrogen and oxygen atoms in total. The molecule has 10 atom stereocenters. The number of nitrogens with zero attached hydrogens (tertiary/aromatic N) is 9. The summed E-state index contributed by atoms with van der Waals surface area (Å²) in [5.74, 6) is 4.05. The number of aromatic carboxylic acids is 1. The normalized spacial score (nSPS) is 20.3. The van der Waals surface area contributed by atoms with E-state index in [2.05, 4.69) is 143 Å². The van der Waals surface area contributed by atoms with E-state index < -0.39 is 14.3 Å². The monoisotopic (exact) mass is 2000 g/mol. The first kappa shape index (κ1) is 99.5. The second-order valence-electron chi connectivity index (χ2n) is 37.5. The average molecular weight is 2000 g/mol. The number of carbonyl (C=O) groups excluding carboxylic acids is 6. The fourth-order valence-corrected chi connectivity index (χ4v) is 21.4. The van der Waals surface area contributed by atoms with Crippen LogP contribution in [0.25, 0.3) is 45.7 Å². The second kappa shape index (κ2) is 42.9. The van der Waals surface area contributed by atoms with Crippen LogP contribution in [0.15, 0.2) is 164 Å². The second-order valence-corrected chi connectivity index (χ2v) is 43.9. The molecule has 7 heterocycles. The number of amidine groups is 1. The lowest BCUT2D eigenvalue weighted by molar-refractivity contribution is -0.129. The Labute approximate surface area is 812 Å². The number of hydrogen-bond donors (Lipinski definition) is 8. The zero-order valence-electron chi connectivity index (χ0n) is 78.2. The van der Waals surface area contributed by atoms with Gasteiger partial charge in [-0.2, -0.15) is 25.8 Å². The maximum atomic E-state index is 12.4. The quantitative estimate of drug-likeness (QED) is 0.00752. The van der Waals surface area contributed by atoms with Gasteiger partial charge in [0, 0.05) is 82.9 Å². The molecular weight excluding hydrogens is 1890 g/mol. The van der Waals surface area contributed by atoms with Crippen molar-refractivity contribution in [1.29, 1.82) is 15.8 Å². The van der Waals surface area contributed by atoms with Crippen LogP contribution in [0.3, 0.4) is 0 Å². The highest BCUT2D eigenvalue weighted by atomic mass is 79.9. The van der Waals surface area contributed by atoms with Gasteiger partial charge in [-0.1, -0.05) is 129 Å². The van der Waals surface area contributed by atoms with E-state index in [9.17, 15) is 49.2 Å². The van der Waals surface area contributed by atoms with Gasteiger partial charge in [-0.15, -0.1) is 0 Å². The van der Waals surface area contributed by atoms with Crippen LogP contribution in [-0.4, -0.2) is 147 Å². The number of carboxylic acids is 1. The maximum Gasteiger partial charge on any atom is 0.338 e. The predicted molar refractivity (Wildman–Crippen MR) is 517 cm³/mol. The largest absolute Gasteiger partial charge is 0.490 e. The number of halogens is 2. The number of amides is 5. The summed E-state index contributed by atoms with van der Waals surface area (Å²) in [7, 11) is -0.0677. The summed E-state index contributed by atoms with van der Waals surface area (Å²) in [4.78, 5) is 91.6. The van der Waals surface area contributed by atoms with Crippen LogP contribution in [0.5, 0.6) is 17.2 Å². The number of esters is 1. The van der Waals surface area contributed by atoms with Crippen molar-refractivity contribution in [3.8, 4) is 81.1 Å². The van der Waals surface area contributed by atoms with Crippen LogP contribution < -0.4 is 41.2 Å². The first-order valence-electron chi connectivity index (χ1n) is 45.7. The number of alkyl halides is 1. The number of oxime groups is 1. The van der Waals surface area contributed by atoms with Crippen LogP contribution in [0.2, 0.25) is 18.1 Å². The molecule has 0 unspecified atom stereocenters. The molecule has 0 saturated carbocycles.